The summed E-state index contributed by atoms with van der Waals surface area (Å²) in [5.74, 6) is 0.741. The number of pyridine rings is 1. The van der Waals surface area contributed by atoms with Gasteiger partial charge < -0.3 is 9.64 Å². The zero-order chi connectivity index (χ0) is 15.6. The topological polar surface area (TPSA) is 28.6 Å². The fourth-order valence-corrected chi connectivity index (χ4v) is 3.81. The van der Waals surface area contributed by atoms with Crippen LogP contribution in [0.3, 0.4) is 0 Å². The zero-order valence-electron chi connectivity index (χ0n) is 13.9. The van der Waals surface area contributed by atoms with E-state index in [1.165, 1.54) is 24.0 Å². The van der Waals surface area contributed by atoms with Crippen LogP contribution in [0.2, 0.25) is 0 Å². The highest BCUT2D eigenvalue weighted by Crippen LogP contribution is 2.27. The molecule has 122 valence electrons. The summed E-state index contributed by atoms with van der Waals surface area (Å²) >= 11 is 0. The van der Waals surface area contributed by atoms with Gasteiger partial charge in [0.25, 0.3) is 0 Å². The van der Waals surface area contributed by atoms with Gasteiger partial charge in [0.2, 0.25) is 0 Å². The second-order valence-electron chi connectivity index (χ2n) is 6.82. The molecule has 1 aromatic carbocycles. The predicted molar refractivity (Wildman–Crippen MR) is 94.1 cm³/mol. The minimum Gasteiger partial charge on any atom is -0.381 e. The number of piperazine rings is 1. The average Bonchev–Trinajstić information content (AvgIpc) is 3.08. The van der Waals surface area contributed by atoms with Gasteiger partial charge in [-0.2, -0.15) is 0 Å². The lowest BCUT2D eigenvalue weighted by Crippen LogP contribution is -2.48. The number of hydrogen-bond donors (Lipinski definition) is 0. The van der Waals surface area contributed by atoms with Gasteiger partial charge in [-0.3, -0.25) is 9.88 Å². The molecule has 0 radical (unpaired) electrons. The Morgan fingerprint density at radius 1 is 1.17 bits per heavy atom. The minimum absolute atomic E-state index is 0.741. The molecule has 23 heavy (non-hydrogen) atoms. The van der Waals surface area contributed by atoms with Crippen molar-refractivity contribution < 1.29 is 4.74 Å². The third-order valence-corrected chi connectivity index (χ3v) is 5.08. The fourth-order valence-electron chi connectivity index (χ4n) is 3.81. The molecule has 0 aliphatic carbocycles. The number of para-hydroxylation sites is 1. The average molecular weight is 311 g/mol. The summed E-state index contributed by atoms with van der Waals surface area (Å²) in [6.45, 7) is 9.68. The molecule has 0 N–H and O–H groups in total. The molecule has 2 aliphatic heterocycles. The Kier molecular flexibility index (Phi) is 4.19. The van der Waals surface area contributed by atoms with Crippen molar-refractivity contribution in [2.24, 2.45) is 5.92 Å². The van der Waals surface area contributed by atoms with E-state index in [1.54, 1.807) is 0 Å². The van der Waals surface area contributed by atoms with Gasteiger partial charge in [0.15, 0.2) is 0 Å². The molecule has 4 nitrogen and oxygen atoms in total. The summed E-state index contributed by atoms with van der Waals surface area (Å²) in [7, 11) is 0. The van der Waals surface area contributed by atoms with Crippen LogP contribution in [0.1, 0.15) is 12.1 Å². The van der Waals surface area contributed by atoms with Crippen LogP contribution in [-0.4, -0.2) is 55.8 Å². The molecule has 1 atom stereocenters. The monoisotopic (exact) mass is 311 g/mol. The molecule has 2 aromatic rings. The smallest absolute Gasteiger partial charge is 0.0726 e. The lowest BCUT2D eigenvalue weighted by molar-refractivity contribution is 0.164. The van der Waals surface area contributed by atoms with Crippen LogP contribution in [-0.2, 0) is 4.74 Å². The Bertz CT molecular complexity index is 673. The van der Waals surface area contributed by atoms with Gasteiger partial charge in [-0.05, 0) is 31.4 Å². The predicted octanol–water partition coefficient (Wildman–Crippen LogP) is 2.70. The second kappa shape index (κ2) is 6.46. The third-order valence-electron chi connectivity index (χ3n) is 5.08. The molecule has 2 aliphatic rings. The summed E-state index contributed by atoms with van der Waals surface area (Å²) < 4.78 is 5.51. The third kappa shape index (κ3) is 3.19. The summed E-state index contributed by atoms with van der Waals surface area (Å²) in [4.78, 5) is 9.79. The standard InChI is InChI=1S/C19H25N3O/c1-15-12-19(17-4-2-3-5-18(17)20-15)22-9-7-21(8-10-22)13-16-6-11-23-14-16/h2-5,12,16H,6-11,13-14H2,1H3. The zero-order valence-corrected chi connectivity index (χ0v) is 13.9. The molecule has 2 fully saturated rings. The molecule has 4 rings (SSSR count). The molecule has 0 saturated carbocycles. The number of aryl methyl sites for hydroxylation is 1. The van der Waals surface area contributed by atoms with Crippen molar-refractivity contribution in [2.45, 2.75) is 13.3 Å². The number of ether oxygens (including phenoxy) is 1. The summed E-state index contributed by atoms with van der Waals surface area (Å²) in [6, 6.07) is 10.7. The first-order valence-corrected chi connectivity index (χ1v) is 8.71. The number of benzene rings is 1. The maximum absolute atomic E-state index is 5.51. The molecule has 0 amide bonds. The van der Waals surface area contributed by atoms with E-state index >= 15 is 0 Å². The van der Waals surface area contributed by atoms with E-state index in [1.807, 2.05) is 0 Å². The van der Waals surface area contributed by atoms with Gasteiger partial charge in [0.1, 0.15) is 0 Å². The highest BCUT2D eigenvalue weighted by atomic mass is 16.5. The first-order valence-electron chi connectivity index (χ1n) is 8.71. The highest BCUT2D eigenvalue weighted by molar-refractivity contribution is 5.92. The molecule has 2 saturated heterocycles. The van der Waals surface area contributed by atoms with Gasteiger partial charge in [-0.15, -0.1) is 0 Å². The number of anilines is 1. The maximum atomic E-state index is 5.51. The van der Waals surface area contributed by atoms with Crippen LogP contribution in [0.4, 0.5) is 5.69 Å². The van der Waals surface area contributed by atoms with E-state index in [9.17, 15) is 0 Å². The maximum Gasteiger partial charge on any atom is 0.0726 e. The van der Waals surface area contributed by atoms with Gasteiger partial charge in [-0.25, -0.2) is 0 Å². The second-order valence-corrected chi connectivity index (χ2v) is 6.82. The molecule has 1 unspecified atom stereocenters. The number of hydrogen-bond acceptors (Lipinski definition) is 4. The van der Waals surface area contributed by atoms with Gasteiger partial charge >= 0.3 is 0 Å². The fraction of sp³-hybridized carbons (Fsp3) is 0.526. The molecule has 0 spiro atoms. The minimum atomic E-state index is 0.741. The van der Waals surface area contributed by atoms with Crippen LogP contribution in [0, 0.1) is 12.8 Å². The van der Waals surface area contributed by atoms with Crippen LogP contribution in [0.25, 0.3) is 10.9 Å². The number of nitrogens with zero attached hydrogens (tertiary/aromatic N) is 3. The number of aromatic nitrogens is 1. The van der Waals surface area contributed by atoms with Crippen molar-refractivity contribution in [1.29, 1.82) is 0 Å². The first-order chi connectivity index (χ1) is 11.3. The first kappa shape index (κ1) is 14.9. The largest absolute Gasteiger partial charge is 0.381 e. The van der Waals surface area contributed by atoms with Crippen LogP contribution >= 0.6 is 0 Å². The highest BCUT2D eigenvalue weighted by Gasteiger charge is 2.23. The molecular weight excluding hydrogens is 286 g/mol. The van der Waals surface area contributed by atoms with Crippen molar-refractivity contribution in [1.82, 2.24) is 9.88 Å². The van der Waals surface area contributed by atoms with Crippen LogP contribution in [0.15, 0.2) is 30.3 Å². The SMILES string of the molecule is Cc1cc(N2CCN(CC3CCOC3)CC2)c2ccccc2n1. The normalized spacial score (nSPS) is 22.8. The number of rotatable bonds is 3. The van der Waals surface area contributed by atoms with E-state index in [4.69, 9.17) is 4.74 Å². The van der Waals surface area contributed by atoms with E-state index in [-0.39, 0.29) is 0 Å². The van der Waals surface area contributed by atoms with E-state index in [2.05, 4.69) is 52.0 Å². The summed E-state index contributed by atoms with van der Waals surface area (Å²) in [5.41, 5.74) is 3.55. The molecular formula is C19H25N3O. The van der Waals surface area contributed by atoms with E-state index in [0.29, 0.717) is 0 Å². The Morgan fingerprint density at radius 3 is 2.78 bits per heavy atom. The quantitative estimate of drug-likeness (QED) is 0.871. The Labute approximate surface area is 138 Å². The number of fused-ring (bicyclic) bond motifs is 1. The lowest BCUT2D eigenvalue weighted by atomic mass is 10.1. The molecule has 4 heteroatoms. The molecule has 1 aromatic heterocycles. The van der Waals surface area contributed by atoms with Crippen molar-refractivity contribution in [3.8, 4) is 0 Å². The molecule has 0 bridgehead atoms. The Balaban J connectivity index is 1.48. The van der Waals surface area contributed by atoms with Gasteiger partial charge in [-0.1, -0.05) is 18.2 Å². The van der Waals surface area contributed by atoms with Gasteiger partial charge in [0, 0.05) is 56.1 Å². The molecule has 3 heterocycles. The van der Waals surface area contributed by atoms with E-state index in [0.717, 1.165) is 56.5 Å². The van der Waals surface area contributed by atoms with Crippen molar-refractivity contribution in [3.63, 3.8) is 0 Å². The summed E-state index contributed by atoms with van der Waals surface area (Å²) in [6.07, 6.45) is 1.23. The van der Waals surface area contributed by atoms with Crippen LogP contribution in [0.5, 0.6) is 0 Å². The summed E-state index contributed by atoms with van der Waals surface area (Å²) in [5, 5.41) is 1.27. The van der Waals surface area contributed by atoms with Crippen molar-refractivity contribution >= 4 is 16.6 Å². The Hall–Kier alpha value is -1.65. The Morgan fingerprint density at radius 2 is 2.00 bits per heavy atom. The van der Waals surface area contributed by atoms with E-state index < -0.39 is 0 Å². The van der Waals surface area contributed by atoms with Crippen molar-refractivity contribution in [2.75, 3.05) is 50.8 Å². The van der Waals surface area contributed by atoms with Crippen molar-refractivity contribution in [3.05, 3.63) is 36.0 Å². The lowest BCUT2D eigenvalue weighted by Gasteiger charge is -2.37. The van der Waals surface area contributed by atoms with Gasteiger partial charge in [0.05, 0.1) is 12.1 Å². The van der Waals surface area contributed by atoms with Crippen LogP contribution < -0.4 is 4.90 Å².